The van der Waals surface area contributed by atoms with Gasteiger partial charge in [-0.2, -0.15) is 15.0 Å². The largest absolute Gasteiger partial charge is 0.395 e. The van der Waals surface area contributed by atoms with Crippen molar-refractivity contribution in [2.24, 2.45) is 0 Å². The molecule has 0 aromatic carbocycles. The van der Waals surface area contributed by atoms with Gasteiger partial charge in [-0.3, -0.25) is 0 Å². The fourth-order valence-electron chi connectivity index (χ4n) is 1.57. The zero-order valence-corrected chi connectivity index (χ0v) is 12.6. The molecule has 0 saturated carbocycles. The van der Waals surface area contributed by atoms with Crippen LogP contribution in [-0.2, 0) is 4.74 Å². The van der Waals surface area contributed by atoms with Gasteiger partial charge in [-0.1, -0.05) is 0 Å². The molecule has 0 saturated heterocycles. The number of nitrogens with one attached hydrogen (secondary N) is 1. The Morgan fingerprint density at radius 3 is 2.40 bits per heavy atom. The molecule has 20 heavy (non-hydrogen) atoms. The maximum absolute atomic E-state index is 9.17. The van der Waals surface area contributed by atoms with Crippen molar-refractivity contribution in [3.05, 3.63) is 0 Å². The van der Waals surface area contributed by atoms with Crippen LogP contribution in [0.5, 0.6) is 0 Å². The summed E-state index contributed by atoms with van der Waals surface area (Å²) in [7, 11) is 5.39. The van der Waals surface area contributed by atoms with Gasteiger partial charge in [0.1, 0.15) is 0 Å². The molecule has 1 aromatic heterocycles. The molecule has 0 aliphatic carbocycles. The van der Waals surface area contributed by atoms with E-state index in [1.54, 1.807) is 7.11 Å². The van der Waals surface area contributed by atoms with Crippen LogP contribution in [0.25, 0.3) is 0 Å². The number of aromatic nitrogens is 3. The van der Waals surface area contributed by atoms with E-state index in [0.717, 1.165) is 6.54 Å². The van der Waals surface area contributed by atoms with Crippen molar-refractivity contribution in [3.8, 4) is 0 Å². The van der Waals surface area contributed by atoms with Crippen molar-refractivity contribution >= 4 is 17.8 Å². The first kappa shape index (κ1) is 16.4. The maximum atomic E-state index is 9.17. The van der Waals surface area contributed by atoms with E-state index in [1.165, 1.54) is 0 Å². The fraction of sp³-hybridized carbons (Fsp3) is 0.750. The summed E-state index contributed by atoms with van der Waals surface area (Å²) in [5.74, 6) is 1.64. The normalized spacial score (nSPS) is 10.4. The first-order chi connectivity index (χ1) is 9.62. The average Bonchev–Trinajstić information content (AvgIpc) is 2.43. The van der Waals surface area contributed by atoms with E-state index in [1.807, 2.05) is 30.8 Å². The summed E-state index contributed by atoms with van der Waals surface area (Å²) >= 11 is 0. The lowest BCUT2D eigenvalue weighted by molar-refractivity contribution is 0.202. The van der Waals surface area contributed by atoms with Crippen LogP contribution in [0, 0.1) is 0 Å². The van der Waals surface area contributed by atoms with Crippen LogP contribution in [0.3, 0.4) is 0 Å². The molecular formula is C12H24N6O2. The van der Waals surface area contributed by atoms with Crippen LogP contribution in [0.1, 0.15) is 6.92 Å². The molecule has 8 heteroatoms. The number of ether oxygens (including phenoxy) is 1. The molecule has 1 aromatic rings. The minimum Gasteiger partial charge on any atom is -0.395 e. The Hall–Kier alpha value is -1.67. The van der Waals surface area contributed by atoms with Gasteiger partial charge < -0.3 is 25.0 Å². The molecule has 0 atom stereocenters. The zero-order chi connectivity index (χ0) is 15.0. The number of rotatable bonds is 9. The maximum Gasteiger partial charge on any atom is 0.232 e. The number of nitrogens with zero attached hydrogens (tertiary/aromatic N) is 5. The summed E-state index contributed by atoms with van der Waals surface area (Å²) in [6.45, 7) is 4.34. The van der Waals surface area contributed by atoms with Crippen molar-refractivity contribution < 1.29 is 9.84 Å². The molecule has 1 rings (SSSR count). The number of hydrogen-bond acceptors (Lipinski definition) is 8. The average molecular weight is 284 g/mol. The Labute approximate surface area is 119 Å². The van der Waals surface area contributed by atoms with Gasteiger partial charge in [-0.25, -0.2) is 0 Å². The molecule has 0 fully saturated rings. The molecule has 1 heterocycles. The highest BCUT2D eigenvalue weighted by atomic mass is 16.5. The lowest BCUT2D eigenvalue weighted by Gasteiger charge is -2.23. The van der Waals surface area contributed by atoms with E-state index < -0.39 is 0 Å². The summed E-state index contributed by atoms with van der Waals surface area (Å²) in [5.41, 5.74) is 0. The molecule has 0 aliphatic heterocycles. The number of anilines is 3. The van der Waals surface area contributed by atoms with Gasteiger partial charge in [0, 0.05) is 40.8 Å². The SMILES string of the molecule is CCNc1nc(N(C)C)nc(N(CCO)CCOC)n1. The van der Waals surface area contributed by atoms with E-state index in [-0.39, 0.29) is 6.61 Å². The summed E-state index contributed by atoms with van der Waals surface area (Å²) in [5, 5.41) is 12.3. The first-order valence-corrected chi connectivity index (χ1v) is 6.64. The van der Waals surface area contributed by atoms with Gasteiger partial charge in [0.25, 0.3) is 0 Å². The van der Waals surface area contributed by atoms with Crippen LogP contribution >= 0.6 is 0 Å². The minimum absolute atomic E-state index is 0.0310. The van der Waals surface area contributed by atoms with Crippen molar-refractivity contribution in [1.29, 1.82) is 0 Å². The third-order valence-corrected chi connectivity index (χ3v) is 2.56. The van der Waals surface area contributed by atoms with E-state index >= 15 is 0 Å². The molecule has 2 N–H and O–H groups in total. The quantitative estimate of drug-likeness (QED) is 0.645. The monoisotopic (exact) mass is 284 g/mol. The van der Waals surface area contributed by atoms with Crippen molar-refractivity contribution in [1.82, 2.24) is 15.0 Å². The highest BCUT2D eigenvalue weighted by molar-refractivity contribution is 5.44. The lowest BCUT2D eigenvalue weighted by Crippen LogP contribution is -2.32. The van der Waals surface area contributed by atoms with Crippen LogP contribution in [0.4, 0.5) is 17.8 Å². The Balaban J connectivity index is 3.04. The van der Waals surface area contributed by atoms with Crippen LogP contribution < -0.4 is 15.1 Å². The van der Waals surface area contributed by atoms with Gasteiger partial charge >= 0.3 is 0 Å². The van der Waals surface area contributed by atoms with E-state index in [4.69, 9.17) is 9.84 Å². The number of aliphatic hydroxyl groups excluding tert-OH is 1. The number of aliphatic hydroxyl groups is 1. The standard InChI is InChI=1S/C12H24N6O2/c1-5-13-10-14-11(17(2)3)16-12(15-10)18(6-8-19)7-9-20-4/h19H,5-9H2,1-4H3,(H,13,14,15,16). The van der Waals surface area contributed by atoms with Gasteiger partial charge in [0.2, 0.25) is 17.8 Å². The Kier molecular flexibility index (Phi) is 6.96. The molecule has 0 radical (unpaired) electrons. The number of methoxy groups -OCH3 is 1. The topological polar surface area (TPSA) is 86.6 Å². The Bertz CT molecular complexity index is 402. The van der Waals surface area contributed by atoms with Crippen molar-refractivity contribution in [3.63, 3.8) is 0 Å². The molecule has 114 valence electrons. The van der Waals surface area contributed by atoms with Crippen LogP contribution in [-0.4, -0.2) is 74.1 Å². The minimum atomic E-state index is 0.0310. The molecule has 0 amide bonds. The zero-order valence-electron chi connectivity index (χ0n) is 12.6. The predicted molar refractivity (Wildman–Crippen MR) is 79.5 cm³/mol. The summed E-state index contributed by atoms with van der Waals surface area (Å²) in [6, 6.07) is 0. The van der Waals surface area contributed by atoms with Crippen LogP contribution in [0.2, 0.25) is 0 Å². The highest BCUT2D eigenvalue weighted by Gasteiger charge is 2.14. The first-order valence-electron chi connectivity index (χ1n) is 6.64. The van der Waals surface area contributed by atoms with Crippen molar-refractivity contribution in [2.45, 2.75) is 6.92 Å². The Morgan fingerprint density at radius 1 is 1.15 bits per heavy atom. The second kappa shape index (κ2) is 8.49. The smallest absolute Gasteiger partial charge is 0.232 e. The third-order valence-electron chi connectivity index (χ3n) is 2.56. The second-order valence-corrected chi connectivity index (χ2v) is 4.39. The molecular weight excluding hydrogens is 260 g/mol. The van der Waals surface area contributed by atoms with Gasteiger partial charge in [-0.05, 0) is 6.92 Å². The van der Waals surface area contributed by atoms with E-state index in [2.05, 4.69) is 20.3 Å². The van der Waals surface area contributed by atoms with Gasteiger partial charge in [0.05, 0.1) is 13.2 Å². The van der Waals surface area contributed by atoms with Crippen molar-refractivity contribution in [2.75, 3.05) is 69.2 Å². The molecule has 8 nitrogen and oxygen atoms in total. The second-order valence-electron chi connectivity index (χ2n) is 4.39. The van der Waals surface area contributed by atoms with E-state index in [9.17, 15) is 0 Å². The number of hydrogen-bond donors (Lipinski definition) is 2. The van der Waals surface area contributed by atoms with Crippen LogP contribution in [0.15, 0.2) is 0 Å². The summed E-state index contributed by atoms with van der Waals surface area (Å²) in [6.07, 6.45) is 0. The Morgan fingerprint density at radius 2 is 1.85 bits per heavy atom. The highest BCUT2D eigenvalue weighted by Crippen LogP contribution is 2.14. The summed E-state index contributed by atoms with van der Waals surface area (Å²) in [4.78, 5) is 16.8. The molecule has 0 unspecified atom stereocenters. The van der Waals surface area contributed by atoms with E-state index in [0.29, 0.717) is 37.5 Å². The molecule has 0 bridgehead atoms. The van der Waals surface area contributed by atoms with Gasteiger partial charge in [-0.15, -0.1) is 0 Å². The van der Waals surface area contributed by atoms with Gasteiger partial charge in [0.15, 0.2) is 0 Å². The third kappa shape index (κ3) is 4.78. The lowest BCUT2D eigenvalue weighted by atomic mass is 10.5. The molecule has 0 spiro atoms. The fourth-order valence-corrected chi connectivity index (χ4v) is 1.57. The summed E-state index contributed by atoms with van der Waals surface area (Å²) < 4.78 is 5.08. The molecule has 0 aliphatic rings. The predicted octanol–water partition coefficient (Wildman–Crippen LogP) is -0.185.